The van der Waals surface area contributed by atoms with Crippen LogP contribution in [0.3, 0.4) is 0 Å². The number of aliphatic carboxylic acids is 1. The first-order chi connectivity index (χ1) is 15.2. The summed E-state index contributed by atoms with van der Waals surface area (Å²) < 4.78 is 12.0. The molecule has 1 aliphatic heterocycles. The minimum atomic E-state index is -1.00. The molecule has 3 unspecified atom stereocenters. The van der Waals surface area contributed by atoms with Gasteiger partial charge in [-0.1, -0.05) is 18.2 Å². The highest BCUT2D eigenvalue weighted by atomic mass is 16.5. The van der Waals surface area contributed by atoms with Crippen LogP contribution in [-0.2, 0) is 16.0 Å². The number of fused-ring (bicyclic) bond motifs is 1. The van der Waals surface area contributed by atoms with E-state index in [1.807, 2.05) is 27.7 Å². The van der Waals surface area contributed by atoms with Gasteiger partial charge in [0.05, 0.1) is 12.2 Å². The molecule has 170 valence electrons. The zero-order valence-corrected chi connectivity index (χ0v) is 19.6. The van der Waals surface area contributed by atoms with Crippen LogP contribution >= 0.6 is 0 Å². The fraction of sp³-hybridized carbons (Fsp3) is 0.536. The van der Waals surface area contributed by atoms with Crippen LogP contribution in [0.2, 0.25) is 0 Å². The van der Waals surface area contributed by atoms with Gasteiger partial charge in [-0.3, -0.25) is 0 Å². The first-order valence-corrected chi connectivity index (χ1v) is 12.0. The zero-order valence-electron chi connectivity index (χ0n) is 19.6. The van der Waals surface area contributed by atoms with Crippen LogP contribution in [0.15, 0.2) is 30.3 Å². The SMILES string of the molecule is Cc1ccc(C2CC2C2CC2)c(-c2ccc3c(c2)CCCO3)c1C(OC(C)(C)C)C(=O)O. The van der Waals surface area contributed by atoms with E-state index in [0.717, 1.165) is 59.3 Å². The summed E-state index contributed by atoms with van der Waals surface area (Å²) in [5.41, 5.74) is 5.88. The van der Waals surface area contributed by atoms with Gasteiger partial charge >= 0.3 is 5.97 Å². The van der Waals surface area contributed by atoms with E-state index in [4.69, 9.17) is 9.47 Å². The fourth-order valence-corrected chi connectivity index (χ4v) is 5.43. The lowest BCUT2D eigenvalue weighted by molar-refractivity contribution is -0.160. The summed E-state index contributed by atoms with van der Waals surface area (Å²) in [6.07, 6.45) is 4.91. The van der Waals surface area contributed by atoms with Crippen LogP contribution in [0.5, 0.6) is 5.75 Å². The predicted molar refractivity (Wildman–Crippen MR) is 125 cm³/mol. The molecule has 0 bridgehead atoms. The number of carboxylic acid groups (broad SMARTS) is 1. The van der Waals surface area contributed by atoms with E-state index in [-0.39, 0.29) is 0 Å². The number of carboxylic acids is 1. The molecule has 2 saturated carbocycles. The summed E-state index contributed by atoms with van der Waals surface area (Å²) >= 11 is 0. The molecule has 0 radical (unpaired) electrons. The quantitative estimate of drug-likeness (QED) is 0.568. The van der Waals surface area contributed by atoms with Crippen LogP contribution in [-0.4, -0.2) is 23.3 Å². The Morgan fingerprint density at radius 3 is 2.66 bits per heavy atom. The second kappa shape index (κ2) is 7.91. The molecule has 2 aromatic rings. The van der Waals surface area contributed by atoms with Gasteiger partial charge in [-0.05, 0) is 118 Å². The van der Waals surface area contributed by atoms with E-state index in [2.05, 4.69) is 30.3 Å². The van der Waals surface area contributed by atoms with Gasteiger partial charge < -0.3 is 14.6 Å². The third-order valence-corrected chi connectivity index (χ3v) is 7.12. The summed E-state index contributed by atoms with van der Waals surface area (Å²) in [4.78, 5) is 12.5. The standard InChI is InChI=1S/C28H34O4/c1-16-7-11-20(22-15-21(22)17-8-9-17)25(24(16)26(27(29)30)32-28(2,3)4)19-10-12-23-18(14-19)6-5-13-31-23/h7,10-12,14,17,21-22,26H,5-6,8-9,13,15H2,1-4H3,(H,29,30). The minimum Gasteiger partial charge on any atom is -0.493 e. The van der Waals surface area contributed by atoms with Gasteiger partial charge in [-0.2, -0.15) is 0 Å². The molecule has 0 saturated heterocycles. The molecular weight excluding hydrogens is 400 g/mol. The second-order valence-electron chi connectivity index (χ2n) is 10.8. The van der Waals surface area contributed by atoms with Crippen molar-refractivity contribution in [3.05, 3.63) is 52.6 Å². The Morgan fingerprint density at radius 2 is 1.97 bits per heavy atom. The van der Waals surface area contributed by atoms with E-state index in [9.17, 15) is 9.90 Å². The lowest BCUT2D eigenvalue weighted by Gasteiger charge is -2.29. The summed E-state index contributed by atoms with van der Waals surface area (Å²) in [5, 5.41) is 10.2. The van der Waals surface area contributed by atoms with Crippen molar-refractivity contribution < 1.29 is 19.4 Å². The van der Waals surface area contributed by atoms with Gasteiger partial charge in [0, 0.05) is 5.56 Å². The Bertz CT molecular complexity index is 1040. The summed E-state index contributed by atoms with van der Waals surface area (Å²) in [6.45, 7) is 8.53. The number of ether oxygens (including phenoxy) is 2. The van der Waals surface area contributed by atoms with Gasteiger partial charge in [0.1, 0.15) is 5.75 Å². The monoisotopic (exact) mass is 434 g/mol. The maximum Gasteiger partial charge on any atom is 0.337 e. The third-order valence-electron chi connectivity index (χ3n) is 7.12. The van der Waals surface area contributed by atoms with Crippen LogP contribution in [0.1, 0.15) is 80.7 Å². The average Bonchev–Trinajstić information content (AvgIpc) is 3.64. The fourth-order valence-electron chi connectivity index (χ4n) is 5.43. The summed E-state index contributed by atoms with van der Waals surface area (Å²) in [6, 6.07) is 10.7. The van der Waals surface area contributed by atoms with Crippen molar-refractivity contribution in [2.45, 2.75) is 77.4 Å². The highest BCUT2D eigenvalue weighted by Gasteiger charge is 2.49. The van der Waals surface area contributed by atoms with Crippen molar-refractivity contribution in [1.82, 2.24) is 0 Å². The van der Waals surface area contributed by atoms with E-state index < -0.39 is 17.7 Å². The Balaban J connectivity index is 1.68. The first kappa shape index (κ1) is 21.5. The van der Waals surface area contributed by atoms with Crippen molar-refractivity contribution in [3.8, 4) is 16.9 Å². The van der Waals surface area contributed by atoms with Crippen molar-refractivity contribution in [2.24, 2.45) is 11.8 Å². The Hall–Kier alpha value is -2.33. The first-order valence-electron chi connectivity index (χ1n) is 12.0. The summed E-state index contributed by atoms with van der Waals surface area (Å²) in [7, 11) is 0. The van der Waals surface area contributed by atoms with Crippen LogP contribution < -0.4 is 4.74 Å². The van der Waals surface area contributed by atoms with Crippen molar-refractivity contribution in [1.29, 1.82) is 0 Å². The van der Waals surface area contributed by atoms with Gasteiger partial charge in [0.25, 0.3) is 0 Å². The molecule has 0 amide bonds. The lowest BCUT2D eigenvalue weighted by Crippen LogP contribution is -2.28. The smallest absolute Gasteiger partial charge is 0.337 e. The minimum absolute atomic E-state index is 0.521. The molecule has 1 heterocycles. The van der Waals surface area contributed by atoms with Crippen molar-refractivity contribution in [2.75, 3.05) is 6.61 Å². The van der Waals surface area contributed by atoms with Crippen LogP contribution in [0, 0.1) is 18.8 Å². The third kappa shape index (κ3) is 4.17. The number of carbonyl (C=O) groups is 1. The van der Waals surface area contributed by atoms with Crippen LogP contribution in [0.4, 0.5) is 0 Å². The summed E-state index contributed by atoms with van der Waals surface area (Å²) in [5.74, 6) is 2.15. The maximum absolute atomic E-state index is 12.5. The molecule has 2 fully saturated rings. The molecular formula is C28H34O4. The molecule has 0 spiro atoms. The Morgan fingerprint density at radius 1 is 1.19 bits per heavy atom. The molecule has 2 aromatic carbocycles. The molecule has 3 atom stereocenters. The Kier molecular flexibility index (Phi) is 5.32. The largest absolute Gasteiger partial charge is 0.493 e. The average molecular weight is 435 g/mol. The Labute approximate surface area is 190 Å². The van der Waals surface area contributed by atoms with Gasteiger partial charge in [-0.25, -0.2) is 4.79 Å². The number of benzene rings is 2. The second-order valence-corrected chi connectivity index (χ2v) is 10.8. The van der Waals surface area contributed by atoms with E-state index >= 15 is 0 Å². The number of hydrogen-bond donors (Lipinski definition) is 1. The number of rotatable bonds is 6. The lowest BCUT2D eigenvalue weighted by atomic mass is 9.85. The number of aryl methyl sites for hydroxylation is 2. The topological polar surface area (TPSA) is 55.8 Å². The van der Waals surface area contributed by atoms with Crippen molar-refractivity contribution in [3.63, 3.8) is 0 Å². The molecule has 1 N–H and O–H groups in total. The zero-order chi connectivity index (χ0) is 22.6. The van der Waals surface area contributed by atoms with Crippen molar-refractivity contribution >= 4 is 5.97 Å². The molecule has 0 aromatic heterocycles. The highest BCUT2D eigenvalue weighted by molar-refractivity contribution is 5.83. The molecule has 3 aliphatic rings. The maximum atomic E-state index is 12.5. The highest BCUT2D eigenvalue weighted by Crippen LogP contribution is 2.61. The van der Waals surface area contributed by atoms with Gasteiger partial charge in [-0.15, -0.1) is 0 Å². The molecule has 4 nitrogen and oxygen atoms in total. The molecule has 2 aliphatic carbocycles. The van der Waals surface area contributed by atoms with Gasteiger partial charge in [0.15, 0.2) is 6.10 Å². The predicted octanol–water partition coefficient (Wildman–Crippen LogP) is 6.44. The van der Waals surface area contributed by atoms with Gasteiger partial charge in [0.2, 0.25) is 0 Å². The number of hydrogen-bond acceptors (Lipinski definition) is 3. The van der Waals surface area contributed by atoms with Crippen LogP contribution in [0.25, 0.3) is 11.1 Å². The molecule has 4 heteroatoms. The molecule has 32 heavy (non-hydrogen) atoms. The molecule has 5 rings (SSSR count). The normalized spacial score (nSPS) is 23.2. The van der Waals surface area contributed by atoms with E-state index in [0.29, 0.717) is 5.92 Å². The van der Waals surface area contributed by atoms with E-state index in [1.165, 1.54) is 30.4 Å². The van der Waals surface area contributed by atoms with E-state index in [1.54, 1.807) is 0 Å².